The van der Waals surface area contributed by atoms with Gasteiger partial charge in [-0.15, -0.1) is 0 Å². The van der Waals surface area contributed by atoms with Crippen LogP contribution in [0.4, 0.5) is 0 Å². The highest BCUT2D eigenvalue weighted by atomic mass is 32.2. The molecule has 1 atom stereocenters. The maximum atomic E-state index is 12.4. The Labute approximate surface area is 149 Å². The molecule has 1 aromatic rings. The quantitative estimate of drug-likeness (QED) is 0.557. The van der Waals surface area contributed by atoms with E-state index in [0.717, 1.165) is 22.2 Å². The number of carboxylic acid groups (broad SMARTS) is 1. The highest BCUT2D eigenvalue weighted by molar-refractivity contribution is 8.26. The van der Waals surface area contributed by atoms with Crippen molar-refractivity contribution in [2.45, 2.75) is 19.9 Å². The summed E-state index contributed by atoms with van der Waals surface area (Å²) < 4.78 is 10.9. The maximum absolute atomic E-state index is 12.4. The van der Waals surface area contributed by atoms with Crippen LogP contribution in [0, 0.1) is 0 Å². The van der Waals surface area contributed by atoms with E-state index in [-0.39, 0.29) is 4.32 Å². The molecule has 0 saturated carbocycles. The molecule has 1 aliphatic heterocycles. The third-order valence-corrected chi connectivity index (χ3v) is 4.67. The molecule has 1 heterocycles. The summed E-state index contributed by atoms with van der Waals surface area (Å²) in [5.74, 6) is -0.649. The fourth-order valence-electron chi connectivity index (χ4n) is 2.12. The number of hydrogen-bond donors (Lipinski definition) is 0. The summed E-state index contributed by atoms with van der Waals surface area (Å²) in [5, 5.41) is 11.0. The van der Waals surface area contributed by atoms with Gasteiger partial charge in [-0.25, -0.2) is 0 Å². The largest absolute Gasteiger partial charge is 0.548 e. The predicted octanol–water partition coefficient (Wildman–Crippen LogP) is 1.43. The number of benzene rings is 1. The highest BCUT2D eigenvalue weighted by Crippen LogP contribution is 2.35. The molecule has 24 heavy (non-hydrogen) atoms. The molecule has 0 spiro atoms. The Hall–Kier alpha value is -2.06. The molecule has 8 heteroatoms. The van der Waals surface area contributed by atoms with Crippen LogP contribution in [0.25, 0.3) is 6.08 Å². The van der Waals surface area contributed by atoms with Crippen LogP contribution in [0.3, 0.4) is 0 Å². The minimum absolute atomic E-state index is 0.195. The number of carboxylic acids is 1. The molecule has 0 unspecified atom stereocenters. The van der Waals surface area contributed by atoms with Gasteiger partial charge in [0.05, 0.1) is 30.6 Å². The van der Waals surface area contributed by atoms with Gasteiger partial charge in [-0.2, -0.15) is 0 Å². The van der Waals surface area contributed by atoms with Gasteiger partial charge in [0.1, 0.15) is 4.32 Å². The Morgan fingerprint density at radius 2 is 2.17 bits per heavy atom. The minimum atomic E-state index is -1.35. The van der Waals surface area contributed by atoms with Crippen molar-refractivity contribution in [3.05, 3.63) is 28.7 Å². The third kappa shape index (κ3) is 3.70. The number of methoxy groups -OCH3 is 1. The minimum Gasteiger partial charge on any atom is -0.548 e. The summed E-state index contributed by atoms with van der Waals surface area (Å²) in [6.45, 7) is 3.75. The van der Waals surface area contributed by atoms with Gasteiger partial charge >= 0.3 is 0 Å². The zero-order valence-corrected chi connectivity index (χ0v) is 15.0. The van der Waals surface area contributed by atoms with Gasteiger partial charge in [0.25, 0.3) is 5.91 Å². The van der Waals surface area contributed by atoms with Gasteiger partial charge in [-0.1, -0.05) is 30.0 Å². The fraction of sp³-hybridized carbons (Fsp3) is 0.312. The first-order chi connectivity index (χ1) is 11.4. The molecule has 1 saturated heterocycles. The van der Waals surface area contributed by atoms with Crippen molar-refractivity contribution in [2.75, 3.05) is 13.7 Å². The summed E-state index contributed by atoms with van der Waals surface area (Å²) in [4.78, 5) is 24.8. The van der Waals surface area contributed by atoms with Crippen LogP contribution in [0.15, 0.2) is 23.1 Å². The monoisotopic (exact) mass is 366 g/mol. The number of carbonyl (C=O) groups excluding carboxylic acids is 2. The second-order valence-corrected chi connectivity index (χ2v) is 6.57. The Bertz CT molecular complexity index is 716. The average molecular weight is 366 g/mol. The topological polar surface area (TPSA) is 78.9 Å². The van der Waals surface area contributed by atoms with E-state index in [4.69, 9.17) is 21.7 Å². The molecule has 0 aliphatic carbocycles. The first-order valence-electron chi connectivity index (χ1n) is 7.17. The Balaban J connectivity index is 2.30. The molecule has 0 radical (unpaired) electrons. The zero-order valence-electron chi connectivity index (χ0n) is 13.4. The molecule has 1 amide bonds. The average Bonchev–Trinajstić information content (AvgIpc) is 2.82. The normalized spacial score (nSPS) is 17.3. The number of amides is 1. The zero-order chi connectivity index (χ0) is 17.9. The smallest absolute Gasteiger partial charge is 0.266 e. The molecule has 0 N–H and O–H groups in total. The number of carbonyl (C=O) groups is 2. The molecular weight excluding hydrogens is 350 g/mol. The molecule has 2 rings (SSSR count). The molecule has 1 aliphatic rings. The van der Waals surface area contributed by atoms with Crippen molar-refractivity contribution in [3.63, 3.8) is 0 Å². The molecular formula is C16H16NO5S2-. The summed E-state index contributed by atoms with van der Waals surface area (Å²) in [5.41, 5.74) is 0.719. The second-order valence-electron chi connectivity index (χ2n) is 4.89. The SMILES string of the molecule is CCOc1ccc(/C=C2/SC(=S)N([C@H](C)C(=O)[O-])C2=O)cc1OC. The molecule has 1 fully saturated rings. The number of aliphatic carboxylic acids is 1. The number of rotatable bonds is 6. The Kier molecular flexibility index (Phi) is 5.84. The maximum Gasteiger partial charge on any atom is 0.266 e. The predicted molar refractivity (Wildman–Crippen MR) is 93.6 cm³/mol. The van der Waals surface area contributed by atoms with Gasteiger partial charge in [-0.3, -0.25) is 9.69 Å². The second kappa shape index (κ2) is 7.67. The van der Waals surface area contributed by atoms with Crippen LogP contribution < -0.4 is 14.6 Å². The summed E-state index contributed by atoms with van der Waals surface area (Å²) >= 11 is 6.16. The van der Waals surface area contributed by atoms with E-state index in [9.17, 15) is 14.7 Å². The lowest BCUT2D eigenvalue weighted by Crippen LogP contribution is -2.48. The third-order valence-electron chi connectivity index (χ3n) is 3.34. The van der Waals surface area contributed by atoms with E-state index in [1.807, 2.05) is 6.92 Å². The molecule has 6 nitrogen and oxygen atoms in total. The van der Waals surface area contributed by atoms with E-state index >= 15 is 0 Å². The number of ether oxygens (including phenoxy) is 2. The molecule has 0 bridgehead atoms. The van der Waals surface area contributed by atoms with Crippen LogP contribution in [-0.4, -0.2) is 40.9 Å². The number of thioether (sulfide) groups is 1. The Morgan fingerprint density at radius 3 is 2.75 bits per heavy atom. The van der Waals surface area contributed by atoms with Crippen LogP contribution in [0.5, 0.6) is 11.5 Å². The van der Waals surface area contributed by atoms with Gasteiger partial charge < -0.3 is 19.4 Å². The van der Waals surface area contributed by atoms with Gasteiger partial charge in [-0.05, 0) is 37.6 Å². The summed E-state index contributed by atoms with van der Waals surface area (Å²) in [7, 11) is 1.53. The Morgan fingerprint density at radius 1 is 1.46 bits per heavy atom. The van der Waals surface area contributed by atoms with Gasteiger partial charge in [0.15, 0.2) is 11.5 Å². The van der Waals surface area contributed by atoms with Gasteiger partial charge in [0.2, 0.25) is 0 Å². The van der Waals surface area contributed by atoms with Crippen LogP contribution in [-0.2, 0) is 9.59 Å². The van der Waals surface area contributed by atoms with Crippen molar-refractivity contribution in [1.82, 2.24) is 4.90 Å². The van der Waals surface area contributed by atoms with Crippen molar-refractivity contribution in [2.24, 2.45) is 0 Å². The lowest BCUT2D eigenvalue weighted by Gasteiger charge is -2.23. The lowest BCUT2D eigenvalue weighted by molar-refractivity contribution is -0.309. The van der Waals surface area contributed by atoms with Crippen molar-refractivity contribution >= 4 is 46.3 Å². The summed E-state index contributed by atoms with van der Waals surface area (Å²) in [6, 6.07) is 4.15. The fourth-order valence-corrected chi connectivity index (χ4v) is 3.54. The van der Waals surface area contributed by atoms with Crippen LogP contribution in [0.2, 0.25) is 0 Å². The van der Waals surface area contributed by atoms with Crippen molar-refractivity contribution in [3.8, 4) is 11.5 Å². The van der Waals surface area contributed by atoms with E-state index in [0.29, 0.717) is 23.0 Å². The van der Waals surface area contributed by atoms with Crippen molar-refractivity contribution in [1.29, 1.82) is 0 Å². The molecule has 0 aromatic heterocycles. The first-order valence-corrected chi connectivity index (χ1v) is 8.40. The van der Waals surface area contributed by atoms with Crippen molar-refractivity contribution < 1.29 is 24.2 Å². The highest BCUT2D eigenvalue weighted by Gasteiger charge is 2.35. The summed E-state index contributed by atoms with van der Waals surface area (Å²) in [6.07, 6.45) is 1.64. The van der Waals surface area contributed by atoms with Crippen LogP contribution >= 0.6 is 24.0 Å². The van der Waals surface area contributed by atoms with E-state index in [1.165, 1.54) is 14.0 Å². The number of hydrogen-bond acceptors (Lipinski definition) is 7. The number of nitrogens with zero attached hydrogens (tertiary/aromatic N) is 1. The first kappa shape index (κ1) is 18.3. The van der Waals surface area contributed by atoms with Gasteiger partial charge in [0, 0.05) is 0 Å². The molecule has 128 valence electrons. The van der Waals surface area contributed by atoms with E-state index < -0.39 is 17.9 Å². The number of thiocarbonyl (C=S) groups is 1. The standard InChI is InChI=1S/C16H17NO5S2/c1-4-22-11-6-5-10(7-12(11)21-3)8-13-14(18)17(16(23)24-13)9(2)15(19)20/h5-9H,4H2,1-3H3,(H,19,20)/p-1/b13-8+/t9-/m1/s1. The van der Waals surface area contributed by atoms with E-state index in [2.05, 4.69) is 0 Å². The van der Waals surface area contributed by atoms with Crippen LogP contribution in [0.1, 0.15) is 19.4 Å². The lowest BCUT2D eigenvalue weighted by atomic mass is 10.1. The van der Waals surface area contributed by atoms with E-state index in [1.54, 1.807) is 24.3 Å². The molecule has 1 aromatic carbocycles.